The average molecular weight is 445 g/mol. The van der Waals surface area contributed by atoms with E-state index in [0.717, 1.165) is 56.1 Å². The molecule has 0 radical (unpaired) electrons. The molecule has 166 valence electrons. The molecular formula is C23H30N3O4S+. The van der Waals surface area contributed by atoms with Crippen LogP contribution in [0.1, 0.15) is 23.6 Å². The third-order valence-corrected chi connectivity index (χ3v) is 8.22. The van der Waals surface area contributed by atoms with Gasteiger partial charge < -0.3 is 14.2 Å². The monoisotopic (exact) mass is 444 g/mol. The van der Waals surface area contributed by atoms with Gasteiger partial charge in [0.2, 0.25) is 10.0 Å². The van der Waals surface area contributed by atoms with Gasteiger partial charge in [0, 0.05) is 42.4 Å². The zero-order valence-corrected chi connectivity index (χ0v) is 18.7. The summed E-state index contributed by atoms with van der Waals surface area (Å²) in [5.74, 6) is 0.263. The van der Waals surface area contributed by atoms with Gasteiger partial charge in [-0.2, -0.15) is 0 Å². The highest BCUT2D eigenvalue weighted by Gasteiger charge is 2.38. The molecule has 0 amide bonds. The molecule has 31 heavy (non-hydrogen) atoms. The van der Waals surface area contributed by atoms with Gasteiger partial charge in [-0.3, -0.25) is 4.79 Å². The number of fused-ring (bicyclic) bond motifs is 4. The summed E-state index contributed by atoms with van der Waals surface area (Å²) in [5, 5.41) is 0. The van der Waals surface area contributed by atoms with E-state index in [-0.39, 0.29) is 17.4 Å². The van der Waals surface area contributed by atoms with Gasteiger partial charge in [0.05, 0.1) is 19.5 Å². The number of hydrogen-bond acceptors (Lipinski definition) is 4. The molecule has 0 spiro atoms. The van der Waals surface area contributed by atoms with Crippen molar-refractivity contribution in [3.63, 3.8) is 0 Å². The molecule has 2 fully saturated rings. The van der Waals surface area contributed by atoms with Crippen LogP contribution in [0.15, 0.2) is 41.2 Å². The van der Waals surface area contributed by atoms with Gasteiger partial charge in [0.15, 0.2) is 0 Å². The first-order valence-corrected chi connectivity index (χ1v) is 12.9. The van der Waals surface area contributed by atoms with Crippen molar-refractivity contribution in [1.29, 1.82) is 0 Å². The second-order valence-corrected chi connectivity index (χ2v) is 11.1. The summed E-state index contributed by atoms with van der Waals surface area (Å²) in [5.41, 5.74) is 3.96. The van der Waals surface area contributed by atoms with Crippen molar-refractivity contribution >= 4 is 10.0 Å². The maximum absolute atomic E-state index is 13.6. The molecule has 0 saturated carbocycles. The lowest BCUT2D eigenvalue weighted by Gasteiger charge is -2.41. The molecule has 2 atom stereocenters. The average Bonchev–Trinajstić information content (AvgIpc) is 2.75. The lowest BCUT2D eigenvalue weighted by molar-refractivity contribution is -0.921. The molecular weight excluding hydrogens is 414 g/mol. The van der Waals surface area contributed by atoms with Gasteiger partial charge in [-0.1, -0.05) is 24.3 Å². The zero-order chi connectivity index (χ0) is 21.6. The largest absolute Gasteiger partial charge is 0.370 e. The summed E-state index contributed by atoms with van der Waals surface area (Å²) in [4.78, 5) is 15.1. The van der Waals surface area contributed by atoms with Crippen LogP contribution in [-0.2, 0) is 27.8 Å². The van der Waals surface area contributed by atoms with Crippen LogP contribution < -0.4 is 10.5 Å². The summed E-state index contributed by atoms with van der Waals surface area (Å²) in [6.07, 6.45) is 2.22. The number of sulfonamides is 1. The van der Waals surface area contributed by atoms with Crippen LogP contribution in [0.5, 0.6) is 0 Å². The predicted octanol–water partition coefficient (Wildman–Crippen LogP) is 0.309. The molecule has 3 aliphatic heterocycles. The van der Waals surface area contributed by atoms with E-state index in [4.69, 9.17) is 4.74 Å². The fraction of sp³-hybridized carbons (Fsp3) is 0.522. The minimum Gasteiger partial charge on any atom is -0.370 e. The molecule has 2 saturated heterocycles. The Morgan fingerprint density at radius 3 is 2.58 bits per heavy atom. The molecule has 2 bridgehead atoms. The van der Waals surface area contributed by atoms with Crippen molar-refractivity contribution < 1.29 is 18.1 Å². The van der Waals surface area contributed by atoms with E-state index in [1.807, 2.05) is 34.9 Å². The maximum Gasteiger partial charge on any atom is 0.258 e. The number of hydrogen-bond donors (Lipinski definition) is 1. The molecule has 1 N–H and O–H groups in total. The van der Waals surface area contributed by atoms with Crippen molar-refractivity contribution in [3.8, 4) is 11.1 Å². The molecule has 3 aliphatic rings. The standard InChI is InChI=1S/C23H29N3O4S/c1-31(28,29)25-13-17-12-19(16-25)22-7-6-21(23(27)26(22)14-17)20-5-3-2-4-18(20)15-24-8-10-30-11-9-24/h2-7,17,19H,8-16H2,1H3/p+1/t17-,19+/m0/s1. The number of benzene rings is 1. The Bertz CT molecular complexity index is 1140. The Hall–Kier alpha value is -2.00. The number of nitrogens with zero attached hydrogens (tertiary/aromatic N) is 2. The van der Waals surface area contributed by atoms with Gasteiger partial charge in [-0.15, -0.1) is 0 Å². The Morgan fingerprint density at radius 1 is 1.03 bits per heavy atom. The number of aromatic nitrogens is 1. The maximum atomic E-state index is 13.6. The van der Waals surface area contributed by atoms with Crippen LogP contribution in [-0.4, -0.2) is 62.9 Å². The number of pyridine rings is 1. The quantitative estimate of drug-likeness (QED) is 0.737. The highest BCUT2D eigenvalue weighted by molar-refractivity contribution is 7.88. The van der Waals surface area contributed by atoms with Crippen molar-refractivity contribution in [2.24, 2.45) is 5.92 Å². The third-order valence-electron chi connectivity index (χ3n) is 6.99. The number of piperidine rings is 1. The van der Waals surface area contributed by atoms with Gasteiger partial charge in [0.1, 0.15) is 19.6 Å². The summed E-state index contributed by atoms with van der Waals surface area (Å²) in [6, 6.07) is 12.2. The van der Waals surface area contributed by atoms with Crippen molar-refractivity contribution in [3.05, 3.63) is 58.0 Å². The van der Waals surface area contributed by atoms with Gasteiger partial charge in [0.25, 0.3) is 5.56 Å². The smallest absolute Gasteiger partial charge is 0.258 e. The number of rotatable bonds is 4. The Labute approximate surface area is 183 Å². The fourth-order valence-electron chi connectivity index (χ4n) is 5.42. The highest BCUT2D eigenvalue weighted by atomic mass is 32.2. The number of quaternary nitrogens is 1. The van der Waals surface area contributed by atoms with E-state index < -0.39 is 10.0 Å². The first-order valence-electron chi connectivity index (χ1n) is 11.1. The Balaban J connectivity index is 1.49. The fourth-order valence-corrected chi connectivity index (χ4v) is 6.35. The molecule has 1 aromatic carbocycles. The van der Waals surface area contributed by atoms with E-state index in [0.29, 0.717) is 19.6 Å². The van der Waals surface area contributed by atoms with Crippen LogP contribution in [0.4, 0.5) is 0 Å². The zero-order valence-electron chi connectivity index (χ0n) is 17.9. The molecule has 0 aliphatic carbocycles. The normalized spacial score (nSPS) is 24.7. The summed E-state index contributed by atoms with van der Waals surface area (Å²) < 4.78 is 33.1. The summed E-state index contributed by atoms with van der Waals surface area (Å²) in [6.45, 7) is 5.97. The van der Waals surface area contributed by atoms with Crippen LogP contribution >= 0.6 is 0 Å². The molecule has 7 nitrogen and oxygen atoms in total. The van der Waals surface area contributed by atoms with Crippen LogP contribution in [0.25, 0.3) is 11.1 Å². The molecule has 1 aromatic heterocycles. The highest BCUT2D eigenvalue weighted by Crippen LogP contribution is 2.36. The number of nitrogens with one attached hydrogen (secondary N) is 1. The summed E-state index contributed by atoms with van der Waals surface area (Å²) in [7, 11) is -3.22. The molecule has 5 rings (SSSR count). The van der Waals surface area contributed by atoms with Gasteiger partial charge in [-0.05, 0) is 30.0 Å². The van der Waals surface area contributed by atoms with E-state index in [1.165, 1.54) is 16.7 Å². The topological polar surface area (TPSA) is 73.1 Å². The van der Waals surface area contributed by atoms with Gasteiger partial charge in [-0.25, -0.2) is 12.7 Å². The minimum absolute atomic E-state index is 0.0458. The first-order chi connectivity index (χ1) is 14.9. The lowest BCUT2D eigenvalue weighted by Crippen LogP contribution is -3.12. The second-order valence-electron chi connectivity index (χ2n) is 9.16. The Morgan fingerprint density at radius 2 is 1.81 bits per heavy atom. The molecule has 0 unspecified atom stereocenters. The molecule has 2 aromatic rings. The van der Waals surface area contributed by atoms with E-state index in [2.05, 4.69) is 6.07 Å². The van der Waals surface area contributed by atoms with Gasteiger partial charge >= 0.3 is 0 Å². The third kappa shape index (κ3) is 4.09. The molecule has 8 heteroatoms. The first kappa shape index (κ1) is 20.9. The van der Waals surface area contributed by atoms with Crippen LogP contribution in [0.2, 0.25) is 0 Å². The van der Waals surface area contributed by atoms with E-state index >= 15 is 0 Å². The number of ether oxygens (including phenoxy) is 1. The number of morpholine rings is 1. The van der Waals surface area contributed by atoms with Crippen molar-refractivity contribution in [2.75, 3.05) is 45.6 Å². The molecule has 4 heterocycles. The predicted molar refractivity (Wildman–Crippen MR) is 119 cm³/mol. The Kier molecular flexibility index (Phi) is 5.50. The lowest BCUT2D eigenvalue weighted by atomic mass is 9.83. The van der Waals surface area contributed by atoms with E-state index in [9.17, 15) is 13.2 Å². The van der Waals surface area contributed by atoms with E-state index in [1.54, 1.807) is 4.31 Å². The van der Waals surface area contributed by atoms with Crippen LogP contribution in [0, 0.1) is 5.92 Å². The van der Waals surface area contributed by atoms with Crippen molar-refractivity contribution in [1.82, 2.24) is 8.87 Å². The van der Waals surface area contributed by atoms with Crippen molar-refractivity contribution in [2.45, 2.75) is 25.4 Å². The SMILES string of the molecule is CS(=O)(=O)N1C[C@@H]2C[C@H](C1)c1ccc(-c3ccccc3C[NH+]3CCOCC3)c(=O)n1C2. The minimum atomic E-state index is -3.22. The second kappa shape index (κ2) is 8.16. The van der Waals surface area contributed by atoms with Crippen LogP contribution in [0.3, 0.4) is 0 Å². The summed E-state index contributed by atoms with van der Waals surface area (Å²) >= 11 is 0.